The van der Waals surface area contributed by atoms with E-state index in [0.717, 1.165) is 4.47 Å². The van der Waals surface area contributed by atoms with E-state index in [1.807, 2.05) is 0 Å². The summed E-state index contributed by atoms with van der Waals surface area (Å²) in [6.07, 6.45) is 0.376. The highest BCUT2D eigenvalue weighted by Crippen LogP contribution is 2.34. The van der Waals surface area contributed by atoms with Gasteiger partial charge in [-0.3, -0.25) is 14.9 Å². The molecule has 3 N–H and O–H groups in total. The van der Waals surface area contributed by atoms with Crippen LogP contribution in [-0.2, 0) is 9.59 Å². The van der Waals surface area contributed by atoms with Crippen LogP contribution in [0.15, 0.2) is 25.6 Å². The van der Waals surface area contributed by atoms with Crippen LogP contribution in [0.4, 0.5) is 5.69 Å². The van der Waals surface area contributed by atoms with Crippen LogP contribution in [0.3, 0.4) is 0 Å². The van der Waals surface area contributed by atoms with Gasteiger partial charge in [-0.1, -0.05) is 22.9 Å². The number of hydrogen-bond donors (Lipinski definition) is 3. The zero-order valence-electron chi connectivity index (χ0n) is 11.5. The molecular formula is C13H15Br3N2O3. The van der Waals surface area contributed by atoms with Crippen molar-refractivity contribution in [3.05, 3.63) is 25.6 Å². The van der Waals surface area contributed by atoms with Crippen molar-refractivity contribution in [2.24, 2.45) is 0 Å². The summed E-state index contributed by atoms with van der Waals surface area (Å²) in [5.41, 5.74) is -0.524. The molecule has 0 saturated carbocycles. The van der Waals surface area contributed by atoms with Gasteiger partial charge in [0.1, 0.15) is 5.54 Å². The number of benzene rings is 1. The van der Waals surface area contributed by atoms with Crippen LogP contribution in [0.5, 0.6) is 0 Å². The molecule has 0 saturated heterocycles. The van der Waals surface area contributed by atoms with E-state index < -0.39 is 11.5 Å². The minimum Gasteiger partial charge on any atom is -0.480 e. The Labute approximate surface area is 148 Å². The molecule has 0 aromatic heterocycles. The summed E-state index contributed by atoms with van der Waals surface area (Å²) in [5, 5.41) is 14.6. The van der Waals surface area contributed by atoms with E-state index in [1.165, 1.54) is 0 Å². The lowest BCUT2D eigenvalue weighted by molar-refractivity contribution is -0.144. The lowest BCUT2D eigenvalue weighted by atomic mass is 9.99. The second kappa shape index (κ2) is 7.71. The highest BCUT2D eigenvalue weighted by atomic mass is 79.9. The molecule has 0 bridgehead atoms. The number of carbonyl (C=O) groups excluding carboxylic acids is 1. The fraction of sp³-hybridized carbons (Fsp3) is 0.385. The minimum absolute atomic E-state index is 0.0917. The zero-order valence-corrected chi connectivity index (χ0v) is 16.2. The SMILES string of the molecule is CCC(C)(NCC(=O)Nc1c(Br)cc(Br)cc1Br)C(=O)O. The molecule has 1 rings (SSSR count). The average molecular weight is 487 g/mol. The fourth-order valence-corrected chi connectivity index (χ4v) is 3.93. The van der Waals surface area contributed by atoms with Gasteiger partial charge in [0.2, 0.25) is 5.91 Å². The van der Waals surface area contributed by atoms with Gasteiger partial charge in [-0.15, -0.1) is 0 Å². The number of rotatable bonds is 6. The predicted octanol–water partition coefficient (Wildman–Crippen LogP) is 3.76. The van der Waals surface area contributed by atoms with Crippen LogP contribution in [0.25, 0.3) is 0 Å². The van der Waals surface area contributed by atoms with Crippen LogP contribution >= 0.6 is 47.8 Å². The molecule has 0 heterocycles. The van der Waals surface area contributed by atoms with E-state index in [2.05, 4.69) is 58.4 Å². The Hall–Kier alpha value is -0.440. The summed E-state index contributed by atoms with van der Waals surface area (Å²) in [4.78, 5) is 23.1. The first-order chi connectivity index (χ1) is 9.69. The summed E-state index contributed by atoms with van der Waals surface area (Å²) in [6.45, 7) is 3.21. The number of halogens is 3. The van der Waals surface area contributed by atoms with Gasteiger partial charge in [0.15, 0.2) is 0 Å². The predicted molar refractivity (Wildman–Crippen MR) is 92.5 cm³/mol. The number of carboxylic acids is 1. The number of carboxylic acid groups (broad SMARTS) is 1. The van der Waals surface area contributed by atoms with Crippen molar-refractivity contribution in [3.63, 3.8) is 0 Å². The van der Waals surface area contributed by atoms with E-state index in [0.29, 0.717) is 21.1 Å². The molecule has 0 aliphatic carbocycles. The molecule has 0 aliphatic rings. The van der Waals surface area contributed by atoms with Gasteiger partial charge < -0.3 is 10.4 Å². The summed E-state index contributed by atoms with van der Waals surface area (Å²) in [5.74, 6) is -1.30. The zero-order chi connectivity index (χ0) is 16.2. The molecule has 116 valence electrons. The summed E-state index contributed by atoms with van der Waals surface area (Å²) < 4.78 is 2.30. The van der Waals surface area contributed by atoms with Gasteiger partial charge in [-0.05, 0) is 57.3 Å². The summed E-state index contributed by atoms with van der Waals surface area (Å²) in [6, 6.07) is 3.61. The standard InChI is InChI=1S/C13H15Br3N2O3/c1-3-13(2,12(20)21)17-6-10(19)18-11-8(15)4-7(14)5-9(11)16/h4-5,17H,3,6H2,1-2H3,(H,18,19)(H,20,21). The lowest BCUT2D eigenvalue weighted by Gasteiger charge is -2.24. The quantitative estimate of drug-likeness (QED) is 0.572. The van der Waals surface area contributed by atoms with E-state index in [1.54, 1.807) is 26.0 Å². The Morgan fingerprint density at radius 2 is 1.76 bits per heavy atom. The number of amides is 1. The summed E-state index contributed by atoms with van der Waals surface area (Å²) in [7, 11) is 0. The van der Waals surface area contributed by atoms with Gasteiger partial charge in [0.25, 0.3) is 0 Å². The maximum Gasteiger partial charge on any atom is 0.323 e. The lowest BCUT2D eigenvalue weighted by Crippen LogP contribution is -2.51. The van der Waals surface area contributed by atoms with Crippen LogP contribution in [0.2, 0.25) is 0 Å². The first-order valence-electron chi connectivity index (χ1n) is 6.12. The Morgan fingerprint density at radius 3 is 2.19 bits per heavy atom. The Bertz CT molecular complexity index is 543. The van der Waals surface area contributed by atoms with Crippen molar-refractivity contribution in [1.29, 1.82) is 0 Å². The van der Waals surface area contributed by atoms with Crippen molar-refractivity contribution in [1.82, 2.24) is 5.32 Å². The largest absolute Gasteiger partial charge is 0.480 e. The maximum atomic E-state index is 12.0. The molecule has 1 aromatic rings. The Balaban J connectivity index is 2.73. The molecule has 1 unspecified atom stereocenters. The van der Waals surface area contributed by atoms with Gasteiger partial charge in [0, 0.05) is 13.4 Å². The summed E-state index contributed by atoms with van der Waals surface area (Å²) >= 11 is 10.1. The number of hydrogen-bond acceptors (Lipinski definition) is 3. The van der Waals surface area contributed by atoms with E-state index in [-0.39, 0.29) is 12.5 Å². The molecule has 0 aliphatic heterocycles. The average Bonchev–Trinajstić information content (AvgIpc) is 2.39. The van der Waals surface area contributed by atoms with Crippen LogP contribution < -0.4 is 10.6 Å². The topological polar surface area (TPSA) is 78.4 Å². The van der Waals surface area contributed by atoms with Gasteiger partial charge in [0.05, 0.1) is 12.2 Å². The molecule has 5 nitrogen and oxygen atoms in total. The fourth-order valence-electron chi connectivity index (χ4n) is 1.47. The maximum absolute atomic E-state index is 12.0. The molecular weight excluding hydrogens is 472 g/mol. The second-order valence-corrected chi connectivity index (χ2v) is 7.26. The van der Waals surface area contributed by atoms with Gasteiger partial charge in [-0.25, -0.2) is 0 Å². The molecule has 21 heavy (non-hydrogen) atoms. The highest BCUT2D eigenvalue weighted by molar-refractivity contribution is 9.11. The number of anilines is 1. The molecule has 0 radical (unpaired) electrons. The third-order valence-electron chi connectivity index (χ3n) is 3.09. The number of nitrogens with one attached hydrogen (secondary N) is 2. The van der Waals surface area contributed by atoms with Crippen LogP contribution in [-0.4, -0.2) is 29.1 Å². The molecule has 1 aromatic carbocycles. The normalized spacial score (nSPS) is 13.6. The number of carbonyl (C=O) groups is 2. The van der Waals surface area contributed by atoms with E-state index >= 15 is 0 Å². The van der Waals surface area contributed by atoms with Crippen molar-refractivity contribution in [3.8, 4) is 0 Å². The van der Waals surface area contributed by atoms with Crippen molar-refractivity contribution < 1.29 is 14.7 Å². The molecule has 0 spiro atoms. The highest BCUT2D eigenvalue weighted by Gasteiger charge is 2.30. The number of aliphatic carboxylic acids is 1. The molecule has 1 atom stereocenters. The first-order valence-corrected chi connectivity index (χ1v) is 8.50. The first kappa shape index (κ1) is 18.6. The third-order valence-corrected chi connectivity index (χ3v) is 4.80. The van der Waals surface area contributed by atoms with Crippen LogP contribution in [0.1, 0.15) is 20.3 Å². The minimum atomic E-state index is -1.12. The Morgan fingerprint density at radius 1 is 1.24 bits per heavy atom. The molecule has 8 heteroatoms. The third kappa shape index (κ3) is 5.05. The monoisotopic (exact) mass is 484 g/mol. The van der Waals surface area contributed by atoms with Crippen molar-refractivity contribution in [2.45, 2.75) is 25.8 Å². The van der Waals surface area contributed by atoms with Crippen LogP contribution in [0, 0.1) is 0 Å². The Kier molecular flexibility index (Phi) is 6.83. The molecule has 0 fully saturated rings. The van der Waals surface area contributed by atoms with Gasteiger partial charge in [-0.2, -0.15) is 0 Å². The smallest absolute Gasteiger partial charge is 0.323 e. The van der Waals surface area contributed by atoms with Gasteiger partial charge >= 0.3 is 5.97 Å². The second-order valence-electron chi connectivity index (χ2n) is 4.64. The van der Waals surface area contributed by atoms with Crippen molar-refractivity contribution >= 4 is 65.4 Å². The van der Waals surface area contributed by atoms with E-state index in [9.17, 15) is 9.59 Å². The van der Waals surface area contributed by atoms with Crippen molar-refractivity contribution in [2.75, 3.05) is 11.9 Å². The van der Waals surface area contributed by atoms with E-state index in [4.69, 9.17) is 5.11 Å². The molecule has 1 amide bonds.